The van der Waals surface area contributed by atoms with Crippen molar-refractivity contribution < 1.29 is 14.0 Å². The molecule has 0 fully saturated rings. The molecule has 3 aromatic carbocycles. The van der Waals surface area contributed by atoms with Crippen LogP contribution >= 0.6 is 11.6 Å². The first-order valence-corrected chi connectivity index (χ1v) is 9.32. The highest BCUT2D eigenvalue weighted by molar-refractivity contribution is 6.39. The van der Waals surface area contributed by atoms with Gasteiger partial charge in [-0.1, -0.05) is 29.3 Å². The van der Waals surface area contributed by atoms with E-state index in [0.717, 1.165) is 16.9 Å². The largest absolute Gasteiger partial charge is 0.355 e. The molecule has 3 rings (SSSR count). The van der Waals surface area contributed by atoms with Crippen LogP contribution in [-0.2, 0) is 9.59 Å². The van der Waals surface area contributed by atoms with Crippen LogP contribution in [0.5, 0.6) is 0 Å². The third-order valence-corrected chi connectivity index (χ3v) is 4.26. The Balaban J connectivity index is 1.65. The molecule has 0 saturated carbocycles. The van der Waals surface area contributed by atoms with E-state index in [4.69, 9.17) is 11.6 Å². The lowest BCUT2D eigenvalue weighted by Crippen LogP contribution is -2.32. The summed E-state index contributed by atoms with van der Waals surface area (Å²) in [6.07, 6.45) is 1.38. The summed E-state index contributed by atoms with van der Waals surface area (Å²) < 4.78 is 12.9. The van der Waals surface area contributed by atoms with Gasteiger partial charge in [0.15, 0.2) is 0 Å². The van der Waals surface area contributed by atoms with Gasteiger partial charge in [-0.25, -0.2) is 9.82 Å². The molecule has 0 aliphatic carbocycles. The van der Waals surface area contributed by atoms with Gasteiger partial charge in [-0.05, 0) is 61.5 Å². The minimum absolute atomic E-state index is 0.292. The average molecular weight is 425 g/mol. The molecule has 0 aliphatic heterocycles. The minimum atomic E-state index is -0.967. The Morgan fingerprint density at radius 3 is 2.30 bits per heavy atom. The Bertz CT molecular complexity index is 1080. The van der Waals surface area contributed by atoms with Crippen LogP contribution < -0.4 is 16.1 Å². The summed E-state index contributed by atoms with van der Waals surface area (Å²) in [5.74, 6) is -2.34. The lowest BCUT2D eigenvalue weighted by atomic mass is 10.1. The number of hydrogen-bond donors (Lipinski definition) is 3. The van der Waals surface area contributed by atoms with Gasteiger partial charge in [-0.15, -0.1) is 0 Å². The third kappa shape index (κ3) is 5.89. The fourth-order valence-corrected chi connectivity index (χ4v) is 2.66. The number of nitrogens with one attached hydrogen (secondary N) is 3. The Kier molecular flexibility index (Phi) is 6.77. The molecule has 0 aromatic heterocycles. The van der Waals surface area contributed by atoms with Crippen LogP contribution in [0.1, 0.15) is 11.1 Å². The number of carbonyl (C=O) groups excluding carboxylic acids is 2. The van der Waals surface area contributed by atoms with E-state index in [1.807, 2.05) is 31.2 Å². The molecule has 2 amide bonds. The molecular weight excluding hydrogens is 407 g/mol. The van der Waals surface area contributed by atoms with Gasteiger partial charge in [0, 0.05) is 27.6 Å². The summed E-state index contributed by atoms with van der Waals surface area (Å²) >= 11 is 6.07. The molecule has 3 N–H and O–H groups in total. The first-order chi connectivity index (χ1) is 14.4. The van der Waals surface area contributed by atoms with Gasteiger partial charge in [-0.3, -0.25) is 9.59 Å². The number of carbonyl (C=O) groups is 2. The normalized spacial score (nSPS) is 10.6. The number of hydrogen-bond acceptors (Lipinski definition) is 4. The molecule has 0 radical (unpaired) electrons. The summed E-state index contributed by atoms with van der Waals surface area (Å²) in [5, 5.41) is 9.93. The molecule has 0 spiro atoms. The SMILES string of the molecule is Cc1ccc(Nc2ccc(Cl)cc2/C=N\NC(=O)C(=O)Nc2ccc(F)cc2)cc1. The molecule has 0 heterocycles. The van der Waals surface area contributed by atoms with Gasteiger partial charge in [0.1, 0.15) is 5.82 Å². The smallest absolute Gasteiger partial charge is 0.329 e. The Hall–Kier alpha value is -3.71. The summed E-state index contributed by atoms with van der Waals surface area (Å²) in [6.45, 7) is 2.00. The second-order valence-corrected chi connectivity index (χ2v) is 6.82. The van der Waals surface area contributed by atoms with Gasteiger partial charge in [0.25, 0.3) is 0 Å². The van der Waals surface area contributed by atoms with Crippen molar-refractivity contribution in [3.8, 4) is 0 Å². The lowest BCUT2D eigenvalue weighted by Gasteiger charge is -2.10. The van der Waals surface area contributed by atoms with Gasteiger partial charge in [0.05, 0.1) is 6.21 Å². The van der Waals surface area contributed by atoms with Crippen LogP contribution in [-0.4, -0.2) is 18.0 Å². The van der Waals surface area contributed by atoms with Crippen molar-refractivity contribution in [1.29, 1.82) is 0 Å². The predicted octanol–water partition coefficient (Wildman–Crippen LogP) is 4.62. The zero-order valence-corrected chi connectivity index (χ0v) is 16.7. The topological polar surface area (TPSA) is 82.6 Å². The highest BCUT2D eigenvalue weighted by Gasteiger charge is 2.13. The highest BCUT2D eigenvalue weighted by Crippen LogP contribution is 2.23. The Morgan fingerprint density at radius 2 is 1.60 bits per heavy atom. The maximum atomic E-state index is 12.9. The number of anilines is 3. The van der Waals surface area contributed by atoms with Crippen LogP contribution in [0, 0.1) is 12.7 Å². The zero-order valence-electron chi connectivity index (χ0n) is 15.9. The number of benzene rings is 3. The summed E-state index contributed by atoms with van der Waals surface area (Å²) in [4.78, 5) is 23.8. The number of hydrazone groups is 1. The fourth-order valence-electron chi connectivity index (χ4n) is 2.48. The molecule has 3 aromatic rings. The number of amides is 2. The number of halogens is 2. The lowest BCUT2D eigenvalue weighted by molar-refractivity contribution is -0.136. The van der Waals surface area contributed by atoms with E-state index >= 15 is 0 Å². The van der Waals surface area contributed by atoms with Crippen molar-refractivity contribution >= 4 is 46.7 Å². The Morgan fingerprint density at radius 1 is 0.933 bits per heavy atom. The van der Waals surface area contributed by atoms with Crippen molar-refractivity contribution in [2.75, 3.05) is 10.6 Å². The third-order valence-electron chi connectivity index (χ3n) is 4.02. The molecule has 0 saturated heterocycles. The van der Waals surface area contributed by atoms with E-state index in [2.05, 4.69) is 21.2 Å². The summed E-state index contributed by atoms with van der Waals surface area (Å²) in [7, 11) is 0. The second kappa shape index (κ2) is 9.67. The van der Waals surface area contributed by atoms with Crippen molar-refractivity contribution in [3.63, 3.8) is 0 Å². The van der Waals surface area contributed by atoms with Crippen molar-refractivity contribution in [2.45, 2.75) is 6.92 Å². The minimum Gasteiger partial charge on any atom is -0.355 e. The van der Waals surface area contributed by atoms with E-state index < -0.39 is 17.6 Å². The molecule has 8 heteroatoms. The average Bonchev–Trinajstić information content (AvgIpc) is 2.73. The standard InChI is InChI=1S/C22H18ClFN4O2/c1-14-2-7-18(8-3-14)26-20-11-4-16(23)12-15(20)13-25-28-22(30)21(29)27-19-9-5-17(24)6-10-19/h2-13,26H,1H3,(H,27,29)(H,28,30)/b25-13-. The van der Waals surface area contributed by atoms with E-state index in [9.17, 15) is 14.0 Å². The summed E-state index contributed by atoms with van der Waals surface area (Å²) in [6, 6.07) is 18.1. The van der Waals surface area contributed by atoms with Gasteiger partial charge in [0.2, 0.25) is 0 Å². The molecule has 30 heavy (non-hydrogen) atoms. The number of rotatable bonds is 5. The molecule has 0 atom stereocenters. The zero-order chi connectivity index (χ0) is 21.5. The maximum absolute atomic E-state index is 12.9. The molecule has 0 aliphatic rings. The van der Waals surface area contributed by atoms with Gasteiger partial charge in [-0.2, -0.15) is 5.10 Å². The van der Waals surface area contributed by atoms with E-state index in [1.165, 1.54) is 30.5 Å². The fraction of sp³-hybridized carbons (Fsp3) is 0.0455. The van der Waals surface area contributed by atoms with Gasteiger partial charge >= 0.3 is 11.8 Å². The molecule has 0 bridgehead atoms. The van der Waals surface area contributed by atoms with E-state index in [-0.39, 0.29) is 0 Å². The van der Waals surface area contributed by atoms with E-state index in [1.54, 1.807) is 18.2 Å². The first-order valence-electron chi connectivity index (χ1n) is 8.94. The van der Waals surface area contributed by atoms with Crippen molar-refractivity contribution in [3.05, 3.63) is 88.7 Å². The van der Waals surface area contributed by atoms with Crippen LogP contribution in [0.25, 0.3) is 0 Å². The molecular formula is C22H18ClFN4O2. The molecule has 152 valence electrons. The highest BCUT2D eigenvalue weighted by atomic mass is 35.5. The maximum Gasteiger partial charge on any atom is 0.329 e. The quantitative estimate of drug-likeness (QED) is 0.317. The predicted molar refractivity (Wildman–Crippen MR) is 117 cm³/mol. The van der Waals surface area contributed by atoms with Gasteiger partial charge < -0.3 is 10.6 Å². The van der Waals surface area contributed by atoms with Crippen molar-refractivity contribution in [1.82, 2.24) is 5.43 Å². The van der Waals surface area contributed by atoms with Crippen LogP contribution in [0.2, 0.25) is 5.02 Å². The number of nitrogens with zero attached hydrogens (tertiary/aromatic N) is 1. The van der Waals surface area contributed by atoms with Crippen LogP contribution in [0.15, 0.2) is 71.8 Å². The number of aryl methyl sites for hydroxylation is 1. The summed E-state index contributed by atoms with van der Waals surface area (Å²) in [5.41, 5.74) is 5.79. The van der Waals surface area contributed by atoms with Crippen LogP contribution in [0.3, 0.4) is 0 Å². The molecule has 0 unspecified atom stereocenters. The van der Waals surface area contributed by atoms with Crippen LogP contribution in [0.4, 0.5) is 21.5 Å². The van der Waals surface area contributed by atoms with Crippen molar-refractivity contribution in [2.24, 2.45) is 5.10 Å². The first kappa shape index (κ1) is 21.0. The Labute approximate surface area is 177 Å². The van der Waals surface area contributed by atoms with E-state index in [0.29, 0.717) is 16.3 Å². The second-order valence-electron chi connectivity index (χ2n) is 6.38. The molecule has 6 nitrogen and oxygen atoms in total. The monoisotopic (exact) mass is 424 g/mol.